The van der Waals surface area contributed by atoms with E-state index >= 15 is 0 Å². The molecule has 2 amide bonds. The van der Waals surface area contributed by atoms with Crippen LogP contribution in [0.3, 0.4) is 0 Å². The van der Waals surface area contributed by atoms with Crippen LogP contribution in [0.15, 0.2) is 90.5 Å². The zero-order valence-corrected chi connectivity index (χ0v) is 16.8. The minimum atomic E-state index is -0.179. The number of rotatable bonds is 7. The third-order valence-corrected chi connectivity index (χ3v) is 4.35. The molecule has 4 nitrogen and oxygen atoms in total. The molecule has 3 rings (SSSR count). The Morgan fingerprint density at radius 2 is 1.55 bits per heavy atom. The van der Waals surface area contributed by atoms with Crippen LogP contribution in [-0.4, -0.2) is 19.2 Å². The number of benzene rings is 3. The van der Waals surface area contributed by atoms with Crippen LogP contribution in [-0.2, 0) is 0 Å². The Balaban J connectivity index is 1.84. The van der Waals surface area contributed by atoms with Gasteiger partial charge in [0.05, 0.1) is 6.61 Å². The van der Waals surface area contributed by atoms with Gasteiger partial charge < -0.3 is 10.1 Å². The maximum Gasteiger partial charge on any atom is 0.326 e. The van der Waals surface area contributed by atoms with Crippen molar-refractivity contribution in [1.29, 1.82) is 0 Å². The Bertz CT molecular complexity index is 936. The molecule has 1 N–H and O–H groups in total. The van der Waals surface area contributed by atoms with E-state index in [0.29, 0.717) is 13.2 Å². The number of carbonyl (C=O) groups is 1. The highest BCUT2D eigenvalue weighted by atomic mass is 16.5. The lowest BCUT2D eigenvalue weighted by Gasteiger charge is -2.24. The SMILES string of the molecule is CCOc1ccc(N(C/C(C)=C/c2ccccc2)C(=O)Nc2ccccc2)cc1. The Labute approximate surface area is 172 Å². The fourth-order valence-corrected chi connectivity index (χ4v) is 3.01. The molecular formula is C25H26N2O2. The third-order valence-electron chi connectivity index (χ3n) is 4.35. The van der Waals surface area contributed by atoms with Crippen LogP contribution >= 0.6 is 0 Å². The van der Waals surface area contributed by atoms with Gasteiger partial charge in [0.25, 0.3) is 0 Å². The van der Waals surface area contributed by atoms with Crippen molar-refractivity contribution >= 4 is 23.5 Å². The predicted octanol–water partition coefficient (Wildman–Crippen LogP) is 6.23. The second-order valence-electron chi connectivity index (χ2n) is 6.71. The smallest absolute Gasteiger partial charge is 0.326 e. The molecule has 3 aromatic rings. The van der Waals surface area contributed by atoms with Crippen molar-refractivity contribution in [1.82, 2.24) is 0 Å². The summed E-state index contributed by atoms with van der Waals surface area (Å²) in [5, 5.41) is 2.98. The summed E-state index contributed by atoms with van der Waals surface area (Å²) in [6.45, 7) is 5.06. The molecule has 0 aliphatic heterocycles. The van der Waals surface area contributed by atoms with E-state index in [0.717, 1.165) is 28.3 Å². The molecule has 0 saturated carbocycles. The molecule has 29 heavy (non-hydrogen) atoms. The van der Waals surface area contributed by atoms with E-state index in [9.17, 15) is 4.79 Å². The maximum atomic E-state index is 13.1. The van der Waals surface area contributed by atoms with Gasteiger partial charge in [0.15, 0.2) is 0 Å². The molecule has 0 unspecified atom stereocenters. The average Bonchev–Trinajstić information content (AvgIpc) is 2.74. The fourth-order valence-electron chi connectivity index (χ4n) is 3.01. The van der Waals surface area contributed by atoms with E-state index in [4.69, 9.17) is 4.74 Å². The molecule has 0 radical (unpaired) electrons. The quantitative estimate of drug-likeness (QED) is 0.523. The molecular weight excluding hydrogens is 360 g/mol. The third kappa shape index (κ3) is 5.98. The topological polar surface area (TPSA) is 41.6 Å². The number of ether oxygens (including phenoxy) is 1. The summed E-state index contributed by atoms with van der Waals surface area (Å²) < 4.78 is 5.53. The Kier molecular flexibility index (Phi) is 7.06. The first-order valence-electron chi connectivity index (χ1n) is 9.74. The van der Waals surface area contributed by atoms with Crippen molar-refractivity contribution in [3.8, 4) is 5.75 Å². The molecule has 0 heterocycles. The van der Waals surface area contributed by atoms with Gasteiger partial charge in [0.2, 0.25) is 0 Å². The summed E-state index contributed by atoms with van der Waals surface area (Å²) in [5.74, 6) is 0.788. The zero-order chi connectivity index (χ0) is 20.5. The molecule has 0 aromatic heterocycles. The van der Waals surface area contributed by atoms with Crippen molar-refractivity contribution in [2.24, 2.45) is 0 Å². The molecule has 0 aliphatic rings. The first-order valence-corrected chi connectivity index (χ1v) is 9.74. The average molecular weight is 386 g/mol. The number of para-hydroxylation sites is 1. The van der Waals surface area contributed by atoms with Crippen LogP contribution in [0.1, 0.15) is 19.4 Å². The standard InChI is InChI=1S/C25H26N2O2/c1-3-29-24-16-14-23(15-17-24)27(25(28)26-22-12-8-5-9-13-22)19-20(2)18-21-10-6-4-7-11-21/h4-18H,3,19H2,1-2H3,(H,26,28)/b20-18+. The second-order valence-corrected chi connectivity index (χ2v) is 6.71. The lowest BCUT2D eigenvalue weighted by atomic mass is 10.1. The van der Waals surface area contributed by atoms with Gasteiger partial charge >= 0.3 is 6.03 Å². The van der Waals surface area contributed by atoms with Gasteiger partial charge in [-0.25, -0.2) is 4.79 Å². The van der Waals surface area contributed by atoms with Crippen molar-refractivity contribution in [3.63, 3.8) is 0 Å². The van der Waals surface area contributed by atoms with E-state index in [1.807, 2.05) is 86.6 Å². The first-order chi connectivity index (χ1) is 14.2. The Hall–Kier alpha value is -3.53. The van der Waals surface area contributed by atoms with Gasteiger partial charge in [-0.05, 0) is 55.8 Å². The number of hydrogen-bond acceptors (Lipinski definition) is 2. The van der Waals surface area contributed by atoms with Gasteiger partial charge in [-0.3, -0.25) is 4.90 Å². The van der Waals surface area contributed by atoms with Gasteiger partial charge in [0, 0.05) is 17.9 Å². The van der Waals surface area contributed by atoms with E-state index < -0.39 is 0 Å². The Morgan fingerprint density at radius 1 is 0.931 bits per heavy atom. The van der Waals surface area contributed by atoms with Crippen molar-refractivity contribution in [3.05, 3.63) is 96.1 Å². The fraction of sp³-hybridized carbons (Fsp3) is 0.160. The van der Waals surface area contributed by atoms with Crippen LogP contribution in [0, 0.1) is 0 Å². The number of urea groups is 1. The monoisotopic (exact) mass is 386 g/mol. The molecule has 0 bridgehead atoms. The summed E-state index contributed by atoms with van der Waals surface area (Å²) in [6.07, 6.45) is 2.09. The van der Waals surface area contributed by atoms with E-state index in [1.165, 1.54) is 0 Å². The number of carbonyl (C=O) groups excluding carboxylic acids is 1. The van der Waals surface area contributed by atoms with E-state index in [1.54, 1.807) is 4.90 Å². The number of hydrogen-bond donors (Lipinski definition) is 1. The highest BCUT2D eigenvalue weighted by molar-refractivity contribution is 6.02. The first kappa shape index (κ1) is 20.2. The molecule has 0 fully saturated rings. The number of anilines is 2. The molecule has 3 aromatic carbocycles. The lowest BCUT2D eigenvalue weighted by molar-refractivity contribution is 0.257. The number of nitrogens with one attached hydrogen (secondary N) is 1. The summed E-state index contributed by atoms with van der Waals surface area (Å²) in [6, 6.07) is 27.0. The minimum Gasteiger partial charge on any atom is -0.494 e. The highest BCUT2D eigenvalue weighted by Gasteiger charge is 2.16. The van der Waals surface area contributed by atoms with Crippen LogP contribution < -0.4 is 15.0 Å². The summed E-state index contributed by atoms with van der Waals surface area (Å²) in [4.78, 5) is 14.8. The van der Waals surface area contributed by atoms with Crippen LogP contribution in [0.2, 0.25) is 0 Å². The van der Waals surface area contributed by atoms with Gasteiger partial charge in [0.1, 0.15) is 5.75 Å². The lowest BCUT2D eigenvalue weighted by Crippen LogP contribution is -2.36. The molecule has 4 heteroatoms. The van der Waals surface area contributed by atoms with Gasteiger partial charge in [-0.15, -0.1) is 0 Å². The van der Waals surface area contributed by atoms with Gasteiger partial charge in [-0.1, -0.05) is 60.2 Å². The molecule has 0 atom stereocenters. The largest absolute Gasteiger partial charge is 0.494 e. The van der Waals surface area contributed by atoms with E-state index in [2.05, 4.69) is 23.5 Å². The van der Waals surface area contributed by atoms with Gasteiger partial charge in [-0.2, -0.15) is 0 Å². The van der Waals surface area contributed by atoms with Crippen LogP contribution in [0.4, 0.5) is 16.2 Å². The summed E-state index contributed by atoms with van der Waals surface area (Å²) in [7, 11) is 0. The molecule has 0 saturated heterocycles. The van der Waals surface area contributed by atoms with E-state index in [-0.39, 0.29) is 6.03 Å². The normalized spacial score (nSPS) is 11.0. The Morgan fingerprint density at radius 3 is 2.17 bits per heavy atom. The maximum absolute atomic E-state index is 13.1. The molecule has 0 spiro atoms. The summed E-state index contributed by atoms with van der Waals surface area (Å²) in [5.41, 5.74) is 3.76. The molecule has 148 valence electrons. The number of amides is 2. The van der Waals surface area contributed by atoms with Crippen molar-refractivity contribution in [2.75, 3.05) is 23.4 Å². The zero-order valence-electron chi connectivity index (χ0n) is 16.8. The molecule has 0 aliphatic carbocycles. The predicted molar refractivity (Wildman–Crippen MR) is 121 cm³/mol. The second kappa shape index (κ2) is 10.1. The number of nitrogens with zero attached hydrogens (tertiary/aromatic N) is 1. The van der Waals surface area contributed by atoms with Crippen molar-refractivity contribution in [2.45, 2.75) is 13.8 Å². The highest BCUT2D eigenvalue weighted by Crippen LogP contribution is 2.22. The van der Waals surface area contributed by atoms with Crippen LogP contribution in [0.5, 0.6) is 5.75 Å². The van der Waals surface area contributed by atoms with Crippen molar-refractivity contribution < 1.29 is 9.53 Å². The summed E-state index contributed by atoms with van der Waals surface area (Å²) >= 11 is 0. The van der Waals surface area contributed by atoms with Crippen LogP contribution in [0.25, 0.3) is 6.08 Å². The minimum absolute atomic E-state index is 0.179.